The second-order valence-electron chi connectivity index (χ2n) is 5.21. The number of nitrogens with two attached hydrogens (primary N) is 1. The first-order valence-electron chi connectivity index (χ1n) is 6.92. The highest BCUT2D eigenvalue weighted by Crippen LogP contribution is 2.30. The van der Waals surface area contributed by atoms with Crippen molar-refractivity contribution in [1.29, 1.82) is 0 Å². The Morgan fingerprint density at radius 1 is 1.10 bits per heavy atom. The zero-order valence-electron chi connectivity index (χ0n) is 11.5. The molecule has 20 heavy (non-hydrogen) atoms. The standard InChI is InChI=1S/C17H18N2O/c1-12(14-7-4-5-9-16(14)18)19-11-10-13-6-2-3-8-15(13)17(19)20/h2-9,12H,10-11,18H2,1H3. The average Bonchev–Trinajstić information content (AvgIpc) is 2.48. The first kappa shape index (κ1) is 12.7. The molecule has 0 aromatic heterocycles. The summed E-state index contributed by atoms with van der Waals surface area (Å²) < 4.78 is 0. The summed E-state index contributed by atoms with van der Waals surface area (Å²) >= 11 is 0. The van der Waals surface area contributed by atoms with Gasteiger partial charge in [0.05, 0.1) is 6.04 Å². The summed E-state index contributed by atoms with van der Waals surface area (Å²) in [6, 6.07) is 15.6. The molecule has 3 heteroatoms. The van der Waals surface area contributed by atoms with Crippen molar-refractivity contribution in [2.24, 2.45) is 0 Å². The Bertz CT molecular complexity index is 651. The molecular weight excluding hydrogens is 248 g/mol. The Kier molecular flexibility index (Phi) is 3.18. The molecule has 1 atom stereocenters. The van der Waals surface area contributed by atoms with Gasteiger partial charge in [0.1, 0.15) is 0 Å². The maximum absolute atomic E-state index is 12.6. The monoisotopic (exact) mass is 266 g/mol. The third-order valence-corrected chi connectivity index (χ3v) is 4.04. The van der Waals surface area contributed by atoms with Crippen LogP contribution in [0.2, 0.25) is 0 Å². The highest BCUT2D eigenvalue weighted by molar-refractivity contribution is 5.97. The van der Waals surface area contributed by atoms with Crippen LogP contribution in [0.25, 0.3) is 0 Å². The summed E-state index contributed by atoms with van der Waals surface area (Å²) in [5, 5.41) is 0. The molecule has 0 saturated heterocycles. The number of carbonyl (C=O) groups is 1. The predicted molar refractivity (Wildman–Crippen MR) is 80.5 cm³/mol. The van der Waals surface area contributed by atoms with Gasteiger partial charge >= 0.3 is 0 Å². The lowest BCUT2D eigenvalue weighted by molar-refractivity contribution is 0.0673. The summed E-state index contributed by atoms with van der Waals surface area (Å²) in [6.07, 6.45) is 0.902. The van der Waals surface area contributed by atoms with Crippen LogP contribution in [0.3, 0.4) is 0 Å². The number of nitrogen functional groups attached to an aromatic ring is 1. The maximum atomic E-state index is 12.6. The minimum Gasteiger partial charge on any atom is -0.398 e. The zero-order valence-corrected chi connectivity index (χ0v) is 11.5. The SMILES string of the molecule is CC(c1ccccc1N)N1CCc2ccccc2C1=O. The Hall–Kier alpha value is -2.29. The smallest absolute Gasteiger partial charge is 0.254 e. The number of hydrogen-bond donors (Lipinski definition) is 1. The number of nitrogens with zero attached hydrogens (tertiary/aromatic N) is 1. The second kappa shape index (κ2) is 5.00. The fourth-order valence-corrected chi connectivity index (χ4v) is 2.87. The van der Waals surface area contributed by atoms with Crippen molar-refractivity contribution in [3.05, 3.63) is 65.2 Å². The Morgan fingerprint density at radius 3 is 2.60 bits per heavy atom. The van der Waals surface area contributed by atoms with E-state index in [0.717, 1.165) is 35.3 Å². The highest BCUT2D eigenvalue weighted by Gasteiger charge is 2.28. The molecule has 1 aliphatic rings. The van der Waals surface area contributed by atoms with E-state index in [-0.39, 0.29) is 11.9 Å². The number of hydrogen-bond acceptors (Lipinski definition) is 2. The lowest BCUT2D eigenvalue weighted by Crippen LogP contribution is -2.39. The van der Waals surface area contributed by atoms with Crippen LogP contribution < -0.4 is 5.73 Å². The molecule has 0 fully saturated rings. The van der Waals surface area contributed by atoms with E-state index in [2.05, 4.69) is 0 Å². The molecule has 3 rings (SSSR count). The van der Waals surface area contributed by atoms with Crippen molar-refractivity contribution in [3.8, 4) is 0 Å². The quantitative estimate of drug-likeness (QED) is 0.849. The number of anilines is 1. The van der Waals surface area contributed by atoms with E-state index >= 15 is 0 Å². The van der Waals surface area contributed by atoms with Crippen LogP contribution in [0.5, 0.6) is 0 Å². The minimum absolute atomic E-state index is 0.00273. The normalized spacial score (nSPS) is 15.8. The summed E-state index contributed by atoms with van der Waals surface area (Å²) in [4.78, 5) is 14.5. The highest BCUT2D eigenvalue weighted by atomic mass is 16.2. The number of benzene rings is 2. The predicted octanol–water partition coefficient (Wildman–Crippen LogP) is 3.03. The fourth-order valence-electron chi connectivity index (χ4n) is 2.87. The van der Waals surface area contributed by atoms with Gasteiger partial charge in [0.25, 0.3) is 5.91 Å². The van der Waals surface area contributed by atoms with Gasteiger partial charge in [-0.15, -0.1) is 0 Å². The number of fused-ring (bicyclic) bond motifs is 1. The first-order chi connectivity index (χ1) is 9.68. The van der Waals surface area contributed by atoms with E-state index < -0.39 is 0 Å². The second-order valence-corrected chi connectivity index (χ2v) is 5.21. The van der Waals surface area contributed by atoms with Crippen molar-refractivity contribution in [1.82, 2.24) is 4.90 Å². The van der Waals surface area contributed by atoms with Crippen LogP contribution in [0.4, 0.5) is 5.69 Å². The maximum Gasteiger partial charge on any atom is 0.254 e. The number of para-hydroxylation sites is 1. The molecule has 102 valence electrons. The molecule has 1 amide bonds. The molecular formula is C17H18N2O. The van der Waals surface area contributed by atoms with Crippen molar-refractivity contribution in [2.45, 2.75) is 19.4 Å². The molecule has 0 bridgehead atoms. The topological polar surface area (TPSA) is 46.3 Å². The van der Waals surface area contributed by atoms with Gasteiger partial charge in [-0.25, -0.2) is 0 Å². The molecule has 0 aliphatic carbocycles. The number of rotatable bonds is 2. The molecule has 2 aromatic rings. The third kappa shape index (κ3) is 2.05. The van der Waals surface area contributed by atoms with Crippen molar-refractivity contribution in [2.75, 3.05) is 12.3 Å². The van der Waals surface area contributed by atoms with E-state index in [1.54, 1.807) is 0 Å². The summed E-state index contributed by atoms with van der Waals surface area (Å²) in [5.41, 5.74) is 9.75. The van der Waals surface area contributed by atoms with Gasteiger partial charge in [0, 0.05) is 17.8 Å². The summed E-state index contributed by atoms with van der Waals surface area (Å²) in [7, 11) is 0. The average molecular weight is 266 g/mol. The first-order valence-corrected chi connectivity index (χ1v) is 6.92. The van der Waals surface area contributed by atoms with Crippen LogP contribution in [-0.2, 0) is 6.42 Å². The molecule has 2 N–H and O–H groups in total. The Morgan fingerprint density at radius 2 is 1.80 bits per heavy atom. The molecule has 1 aliphatic heterocycles. The van der Waals surface area contributed by atoms with Gasteiger partial charge in [-0.1, -0.05) is 36.4 Å². The molecule has 0 radical (unpaired) electrons. The minimum atomic E-state index is -0.00273. The van der Waals surface area contributed by atoms with E-state index in [1.807, 2.05) is 60.4 Å². The molecule has 0 spiro atoms. The van der Waals surface area contributed by atoms with Gasteiger partial charge in [0.2, 0.25) is 0 Å². The third-order valence-electron chi connectivity index (χ3n) is 4.04. The molecule has 2 aromatic carbocycles. The molecule has 1 heterocycles. The van der Waals surface area contributed by atoms with Crippen LogP contribution in [-0.4, -0.2) is 17.4 Å². The lowest BCUT2D eigenvalue weighted by atomic mass is 9.96. The molecule has 3 nitrogen and oxygen atoms in total. The molecule has 1 unspecified atom stereocenters. The van der Waals surface area contributed by atoms with Crippen molar-refractivity contribution >= 4 is 11.6 Å². The van der Waals surface area contributed by atoms with Crippen LogP contribution in [0.1, 0.15) is 34.5 Å². The Balaban J connectivity index is 1.93. The van der Waals surface area contributed by atoms with Crippen LogP contribution in [0.15, 0.2) is 48.5 Å². The van der Waals surface area contributed by atoms with E-state index in [9.17, 15) is 4.79 Å². The summed E-state index contributed by atoms with van der Waals surface area (Å²) in [5.74, 6) is 0.0996. The van der Waals surface area contributed by atoms with Crippen molar-refractivity contribution < 1.29 is 4.79 Å². The fraction of sp³-hybridized carbons (Fsp3) is 0.235. The van der Waals surface area contributed by atoms with E-state index in [4.69, 9.17) is 5.73 Å². The van der Waals surface area contributed by atoms with Gasteiger partial charge in [-0.2, -0.15) is 0 Å². The van der Waals surface area contributed by atoms with Crippen LogP contribution >= 0.6 is 0 Å². The zero-order chi connectivity index (χ0) is 14.1. The van der Waals surface area contributed by atoms with Crippen molar-refractivity contribution in [3.63, 3.8) is 0 Å². The lowest BCUT2D eigenvalue weighted by Gasteiger charge is -2.34. The number of amides is 1. The Labute approximate surface area is 119 Å². The summed E-state index contributed by atoms with van der Waals surface area (Å²) in [6.45, 7) is 2.78. The van der Waals surface area contributed by atoms with E-state index in [1.165, 1.54) is 0 Å². The van der Waals surface area contributed by atoms with Crippen LogP contribution in [0, 0.1) is 0 Å². The van der Waals surface area contributed by atoms with Gasteiger partial charge < -0.3 is 10.6 Å². The van der Waals surface area contributed by atoms with Gasteiger partial charge in [0.15, 0.2) is 0 Å². The van der Waals surface area contributed by atoms with Gasteiger partial charge in [-0.05, 0) is 36.6 Å². The molecule has 0 saturated carbocycles. The van der Waals surface area contributed by atoms with Gasteiger partial charge in [-0.3, -0.25) is 4.79 Å². The number of carbonyl (C=O) groups excluding carboxylic acids is 1. The van der Waals surface area contributed by atoms with E-state index in [0.29, 0.717) is 0 Å². The largest absolute Gasteiger partial charge is 0.398 e.